The number of nitrogens with one attached hydrogen (secondary N) is 1. The highest BCUT2D eigenvalue weighted by atomic mass is 19.4. The topological polar surface area (TPSA) is 131 Å². The van der Waals surface area contributed by atoms with Crippen LogP contribution in [0.1, 0.15) is 38.5 Å². The van der Waals surface area contributed by atoms with Gasteiger partial charge in [-0.05, 0) is 43.7 Å². The Kier molecular flexibility index (Phi) is 10.8. The van der Waals surface area contributed by atoms with Crippen LogP contribution >= 0.6 is 0 Å². The average molecular weight is 743 g/mol. The molecular formula is C35H49F3N12O3. The third-order valence-electron chi connectivity index (χ3n) is 11.1. The number of hydrogen-bond donors (Lipinski definition) is 1. The molecule has 0 aromatic carbocycles. The molecule has 15 nitrogen and oxygen atoms in total. The van der Waals surface area contributed by atoms with Crippen molar-refractivity contribution in [3.05, 3.63) is 30.7 Å². The van der Waals surface area contributed by atoms with Crippen LogP contribution in [0.15, 0.2) is 30.7 Å². The Morgan fingerprint density at radius 2 is 1.62 bits per heavy atom. The number of amides is 3. The Bertz CT molecular complexity index is 1750. The Hall–Kier alpha value is -4.45. The SMILES string of the molecule is CN(C)C(=O)CN1CCN(CC2CCN(C(=O)Cn3cc(Nc4nc5c(N6CC7CCC(C6)N7C(=O)CCC(F)(F)F)cccn5n4)cn3)CC2)CC1. The van der Waals surface area contributed by atoms with E-state index in [1.54, 1.807) is 51.7 Å². The van der Waals surface area contributed by atoms with Crippen LogP contribution in [0, 0.1) is 5.92 Å². The van der Waals surface area contributed by atoms with Gasteiger partial charge in [-0.15, -0.1) is 5.10 Å². The van der Waals surface area contributed by atoms with E-state index in [9.17, 15) is 27.6 Å². The zero-order chi connectivity index (χ0) is 37.3. The van der Waals surface area contributed by atoms with Crippen molar-refractivity contribution in [2.24, 2.45) is 5.92 Å². The molecule has 4 aliphatic rings. The number of likely N-dealkylation sites (tertiary alicyclic amines) is 1. The highest BCUT2D eigenvalue weighted by Crippen LogP contribution is 2.35. The molecule has 2 bridgehead atoms. The highest BCUT2D eigenvalue weighted by molar-refractivity contribution is 5.79. The van der Waals surface area contributed by atoms with Crippen LogP contribution in [0.25, 0.3) is 5.65 Å². The summed E-state index contributed by atoms with van der Waals surface area (Å²) >= 11 is 0. The van der Waals surface area contributed by atoms with Gasteiger partial charge in [0, 0.05) is 104 Å². The summed E-state index contributed by atoms with van der Waals surface area (Å²) < 4.78 is 41.6. The Morgan fingerprint density at radius 3 is 2.30 bits per heavy atom. The second kappa shape index (κ2) is 15.5. The third kappa shape index (κ3) is 8.86. The molecule has 1 N–H and O–H groups in total. The van der Waals surface area contributed by atoms with Gasteiger partial charge >= 0.3 is 6.18 Å². The standard InChI is InChI=1S/C35H49F3N12O3/c1-43(2)31(52)23-45-16-14-44(15-17-45)19-25-8-12-46(13-9-25)32(53)24-48-20-26(18-39-48)40-34-41-33-29(4-3-11-49(33)42-34)47-21-27-5-6-28(22-47)50(27)30(51)7-10-35(36,37)38/h3-4,11,18,20,25,27-28H,5-10,12-17,19,21-24H2,1-2H3,(H,40,42). The van der Waals surface area contributed by atoms with Crippen molar-refractivity contribution in [3.8, 4) is 0 Å². The molecule has 7 rings (SSSR count). The van der Waals surface area contributed by atoms with E-state index in [2.05, 4.69) is 30.2 Å². The summed E-state index contributed by atoms with van der Waals surface area (Å²) in [4.78, 5) is 54.8. The lowest BCUT2D eigenvalue weighted by Gasteiger charge is -2.42. The summed E-state index contributed by atoms with van der Waals surface area (Å²) in [6.07, 6.45) is 2.67. The number of alkyl halides is 3. The number of hydrogen-bond acceptors (Lipinski definition) is 10. The number of piperidine rings is 1. The number of anilines is 3. The van der Waals surface area contributed by atoms with E-state index in [-0.39, 0.29) is 30.4 Å². The molecule has 18 heteroatoms. The van der Waals surface area contributed by atoms with Gasteiger partial charge in [-0.1, -0.05) is 0 Å². The van der Waals surface area contributed by atoms with E-state index in [0.717, 1.165) is 77.2 Å². The quantitative estimate of drug-likeness (QED) is 0.312. The number of aromatic nitrogens is 5. The van der Waals surface area contributed by atoms with Crippen LogP contribution in [-0.2, 0) is 20.9 Å². The summed E-state index contributed by atoms with van der Waals surface area (Å²) in [6.45, 7) is 7.84. The van der Waals surface area contributed by atoms with E-state index < -0.39 is 24.9 Å². The van der Waals surface area contributed by atoms with Crippen LogP contribution in [0.3, 0.4) is 0 Å². The molecular weight excluding hydrogens is 693 g/mol. The largest absolute Gasteiger partial charge is 0.389 e. The van der Waals surface area contributed by atoms with Crippen LogP contribution in [0.5, 0.6) is 0 Å². The minimum Gasteiger partial charge on any atom is -0.364 e. The van der Waals surface area contributed by atoms with Crippen molar-refractivity contribution < 1.29 is 27.6 Å². The van der Waals surface area contributed by atoms with Gasteiger partial charge in [-0.3, -0.25) is 24.0 Å². The van der Waals surface area contributed by atoms with Gasteiger partial charge in [0.05, 0.1) is 30.5 Å². The number of carbonyl (C=O) groups excluding carboxylic acids is 3. The number of halogens is 3. The molecule has 4 fully saturated rings. The number of rotatable bonds is 11. The van der Waals surface area contributed by atoms with Crippen LogP contribution in [0.2, 0.25) is 0 Å². The second-order valence-corrected chi connectivity index (χ2v) is 15.0. The molecule has 7 heterocycles. The number of pyridine rings is 1. The maximum absolute atomic E-state index is 13.2. The summed E-state index contributed by atoms with van der Waals surface area (Å²) in [7, 11) is 3.58. The zero-order valence-electron chi connectivity index (χ0n) is 30.4. The van der Waals surface area contributed by atoms with Crippen molar-refractivity contribution in [2.45, 2.75) is 63.3 Å². The first-order valence-electron chi connectivity index (χ1n) is 18.6. The predicted octanol–water partition coefficient (Wildman–Crippen LogP) is 2.14. The summed E-state index contributed by atoms with van der Waals surface area (Å²) in [5, 5.41) is 12.2. The maximum atomic E-state index is 13.2. The Balaban J connectivity index is 0.879. The van der Waals surface area contributed by atoms with Crippen molar-refractivity contribution in [1.82, 2.24) is 48.9 Å². The molecule has 0 saturated carbocycles. The molecule has 3 amide bonds. The molecule has 3 aromatic heterocycles. The fraction of sp³-hybridized carbons (Fsp3) is 0.657. The van der Waals surface area contributed by atoms with Crippen molar-refractivity contribution in [3.63, 3.8) is 0 Å². The number of likely N-dealkylation sites (N-methyl/N-ethyl adjacent to an activating group) is 1. The molecule has 0 aliphatic carbocycles. The molecule has 4 aliphatic heterocycles. The molecule has 53 heavy (non-hydrogen) atoms. The number of fused-ring (bicyclic) bond motifs is 3. The van der Waals surface area contributed by atoms with E-state index in [1.165, 1.54) is 0 Å². The second-order valence-electron chi connectivity index (χ2n) is 15.0. The van der Waals surface area contributed by atoms with Crippen molar-refractivity contribution >= 4 is 40.7 Å². The maximum Gasteiger partial charge on any atom is 0.389 e. The molecule has 2 unspecified atom stereocenters. The minimum absolute atomic E-state index is 0.0314. The number of nitrogens with zero attached hydrogens (tertiary/aromatic N) is 11. The Labute approximate surface area is 306 Å². The highest BCUT2D eigenvalue weighted by Gasteiger charge is 2.43. The van der Waals surface area contributed by atoms with Crippen molar-refractivity contribution in [2.75, 3.05) is 89.8 Å². The Morgan fingerprint density at radius 1 is 0.925 bits per heavy atom. The zero-order valence-corrected chi connectivity index (χ0v) is 30.4. The van der Waals surface area contributed by atoms with Crippen LogP contribution in [0.4, 0.5) is 30.5 Å². The number of carbonyl (C=O) groups is 3. The predicted molar refractivity (Wildman–Crippen MR) is 191 cm³/mol. The van der Waals surface area contributed by atoms with E-state index in [4.69, 9.17) is 4.98 Å². The summed E-state index contributed by atoms with van der Waals surface area (Å²) in [5.41, 5.74) is 2.11. The van der Waals surface area contributed by atoms with E-state index in [1.807, 2.05) is 17.0 Å². The molecule has 4 saturated heterocycles. The third-order valence-corrected chi connectivity index (χ3v) is 11.1. The molecule has 2 atom stereocenters. The van der Waals surface area contributed by atoms with E-state index >= 15 is 0 Å². The first-order chi connectivity index (χ1) is 25.4. The number of piperazine rings is 2. The first kappa shape index (κ1) is 36.9. The average Bonchev–Trinajstić information content (AvgIpc) is 3.82. The van der Waals surface area contributed by atoms with Gasteiger partial charge in [0.2, 0.25) is 23.7 Å². The lowest BCUT2D eigenvalue weighted by molar-refractivity contribution is -0.151. The van der Waals surface area contributed by atoms with Crippen molar-refractivity contribution in [1.29, 1.82) is 0 Å². The van der Waals surface area contributed by atoms with Gasteiger partial charge in [-0.25, -0.2) is 4.52 Å². The van der Waals surface area contributed by atoms with Gasteiger partial charge in [0.1, 0.15) is 6.54 Å². The monoisotopic (exact) mass is 742 g/mol. The fourth-order valence-corrected chi connectivity index (χ4v) is 8.15. The molecule has 3 aromatic rings. The summed E-state index contributed by atoms with van der Waals surface area (Å²) in [6, 6.07) is 3.53. The van der Waals surface area contributed by atoms with Gasteiger partial charge in [-0.2, -0.15) is 23.3 Å². The minimum atomic E-state index is -4.35. The van der Waals surface area contributed by atoms with E-state index in [0.29, 0.717) is 42.8 Å². The lowest BCUT2D eigenvalue weighted by atomic mass is 9.96. The first-order valence-corrected chi connectivity index (χ1v) is 18.6. The van der Waals surface area contributed by atoms with Crippen LogP contribution < -0.4 is 10.2 Å². The molecule has 0 spiro atoms. The fourth-order valence-electron chi connectivity index (χ4n) is 8.15. The van der Waals surface area contributed by atoms with Gasteiger partial charge in [0.25, 0.3) is 0 Å². The molecule has 0 radical (unpaired) electrons. The lowest BCUT2D eigenvalue weighted by Crippen LogP contribution is -2.56. The summed E-state index contributed by atoms with van der Waals surface area (Å²) in [5.74, 6) is 0.649. The van der Waals surface area contributed by atoms with Gasteiger partial charge in [0.15, 0.2) is 5.65 Å². The molecule has 288 valence electrons. The smallest absolute Gasteiger partial charge is 0.364 e. The normalized spacial score (nSPS) is 21.8. The van der Waals surface area contributed by atoms with Crippen LogP contribution in [-0.4, -0.2) is 164 Å². The van der Waals surface area contributed by atoms with Gasteiger partial charge < -0.3 is 29.8 Å².